The van der Waals surface area contributed by atoms with Crippen LogP contribution in [0.1, 0.15) is 22.3 Å². The van der Waals surface area contributed by atoms with Crippen LogP contribution in [-0.2, 0) is 16.1 Å². The number of pyridine rings is 1. The van der Waals surface area contributed by atoms with Crippen molar-refractivity contribution in [2.45, 2.75) is 25.1 Å². The summed E-state index contributed by atoms with van der Waals surface area (Å²) in [7, 11) is 3.20. The zero-order valence-electron chi connectivity index (χ0n) is 17.2. The molecule has 0 N–H and O–H groups in total. The molecular formula is C23H25N3O4. The lowest BCUT2D eigenvalue weighted by Gasteiger charge is -2.48. The number of rotatable bonds is 6. The molecule has 2 aliphatic rings. The summed E-state index contributed by atoms with van der Waals surface area (Å²) in [6.45, 7) is 1.64. The SMILES string of the molecule is COc1ccc(CN2C(=O)C(OC)C2C2=CCN(C(=O)c3cccnc3)CC2)cc1. The lowest BCUT2D eigenvalue weighted by molar-refractivity contribution is -0.168. The second-order valence-corrected chi connectivity index (χ2v) is 7.44. The molecule has 156 valence electrons. The maximum Gasteiger partial charge on any atom is 0.255 e. The summed E-state index contributed by atoms with van der Waals surface area (Å²) in [6, 6.07) is 11.2. The minimum absolute atomic E-state index is 0.00640. The Morgan fingerprint density at radius 3 is 2.60 bits per heavy atom. The van der Waals surface area contributed by atoms with Crippen LogP contribution >= 0.6 is 0 Å². The molecule has 2 aliphatic heterocycles. The highest BCUT2D eigenvalue weighted by molar-refractivity contribution is 5.94. The number of carbonyl (C=O) groups excluding carboxylic acids is 2. The molecule has 4 rings (SSSR count). The lowest BCUT2D eigenvalue weighted by atomic mass is 9.86. The van der Waals surface area contributed by atoms with Gasteiger partial charge in [0.2, 0.25) is 0 Å². The molecule has 0 saturated carbocycles. The van der Waals surface area contributed by atoms with Gasteiger partial charge in [-0.25, -0.2) is 0 Å². The van der Waals surface area contributed by atoms with Gasteiger partial charge in [0.15, 0.2) is 6.10 Å². The van der Waals surface area contributed by atoms with Crippen LogP contribution in [0.3, 0.4) is 0 Å². The molecule has 1 aromatic carbocycles. The van der Waals surface area contributed by atoms with E-state index < -0.39 is 6.10 Å². The molecular weight excluding hydrogens is 382 g/mol. The first-order valence-electron chi connectivity index (χ1n) is 9.97. The molecule has 2 aromatic rings. The third-order valence-corrected chi connectivity index (χ3v) is 5.73. The van der Waals surface area contributed by atoms with Crippen LogP contribution in [0.15, 0.2) is 60.4 Å². The number of ether oxygens (including phenoxy) is 2. The van der Waals surface area contributed by atoms with Crippen molar-refractivity contribution in [3.63, 3.8) is 0 Å². The van der Waals surface area contributed by atoms with Crippen LogP contribution in [0.2, 0.25) is 0 Å². The quantitative estimate of drug-likeness (QED) is 0.543. The van der Waals surface area contributed by atoms with Gasteiger partial charge in [0.05, 0.1) is 18.7 Å². The predicted molar refractivity (Wildman–Crippen MR) is 111 cm³/mol. The average Bonchev–Trinajstić information content (AvgIpc) is 2.81. The fraction of sp³-hybridized carbons (Fsp3) is 0.348. The van der Waals surface area contributed by atoms with E-state index in [1.54, 1.807) is 43.6 Å². The number of hydrogen-bond acceptors (Lipinski definition) is 5. The number of aromatic nitrogens is 1. The highest BCUT2D eigenvalue weighted by atomic mass is 16.5. The Morgan fingerprint density at radius 1 is 1.20 bits per heavy atom. The van der Waals surface area contributed by atoms with E-state index in [0.717, 1.165) is 16.9 Å². The maximum atomic E-state index is 12.6. The van der Waals surface area contributed by atoms with Crippen molar-refractivity contribution in [2.24, 2.45) is 0 Å². The van der Waals surface area contributed by atoms with Crippen LogP contribution in [0.25, 0.3) is 0 Å². The molecule has 1 fully saturated rings. The van der Waals surface area contributed by atoms with Gasteiger partial charge in [-0.1, -0.05) is 18.2 Å². The largest absolute Gasteiger partial charge is 0.497 e. The Bertz CT molecular complexity index is 943. The minimum atomic E-state index is -0.463. The zero-order valence-corrected chi connectivity index (χ0v) is 17.2. The first-order valence-corrected chi connectivity index (χ1v) is 9.97. The van der Waals surface area contributed by atoms with Crippen molar-refractivity contribution in [3.8, 4) is 5.75 Å². The van der Waals surface area contributed by atoms with E-state index in [4.69, 9.17) is 9.47 Å². The molecule has 7 nitrogen and oxygen atoms in total. The Hall–Kier alpha value is -3.19. The van der Waals surface area contributed by atoms with Gasteiger partial charge in [0, 0.05) is 39.1 Å². The molecule has 30 heavy (non-hydrogen) atoms. The van der Waals surface area contributed by atoms with Gasteiger partial charge in [0.1, 0.15) is 5.75 Å². The average molecular weight is 407 g/mol. The van der Waals surface area contributed by atoms with Gasteiger partial charge in [-0.2, -0.15) is 0 Å². The van der Waals surface area contributed by atoms with E-state index in [-0.39, 0.29) is 17.9 Å². The maximum absolute atomic E-state index is 12.6. The highest BCUT2D eigenvalue weighted by Gasteiger charge is 2.49. The van der Waals surface area contributed by atoms with E-state index in [1.807, 2.05) is 29.2 Å². The van der Waals surface area contributed by atoms with Crippen molar-refractivity contribution in [1.82, 2.24) is 14.8 Å². The Morgan fingerprint density at radius 2 is 2.00 bits per heavy atom. The topological polar surface area (TPSA) is 72.0 Å². The smallest absolute Gasteiger partial charge is 0.255 e. The first kappa shape index (κ1) is 20.1. The van der Waals surface area contributed by atoms with Gasteiger partial charge in [-0.15, -0.1) is 0 Å². The molecule has 2 atom stereocenters. The molecule has 2 amide bonds. The molecule has 1 aromatic heterocycles. The van der Waals surface area contributed by atoms with Crippen molar-refractivity contribution >= 4 is 11.8 Å². The molecule has 0 spiro atoms. The zero-order chi connectivity index (χ0) is 21.1. The van der Waals surface area contributed by atoms with Crippen LogP contribution in [0.5, 0.6) is 5.75 Å². The van der Waals surface area contributed by atoms with Gasteiger partial charge in [-0.05, 0) is 41.8 Å². The number of likely N-dealkylation sites (tertiary alicyclic amines) is 1. The Balaban J connectivity index is 1.46. The van der Waals surface area contributed by atoms with Crippen molar-refractivity contribution in [3.05, 3.63) is 71.6 Å². The van der Waals surface area contributed by atoms with E-state index in [9.17, 15) is 9.59 Å². The number of β-lactam (4-membered cyclic amide) rings is 1. The fourth-order valence-electron chi connectivity index (χ4n) is 4.05. The lowest BCUT2D eigenvalue weighted by Crippen LogP contribution is -2.66. The number of nitrogens with zero attached hydrogens (tertiary/aromatic N) is 3. The first-order chi connectivity index (χ1) is 14.6. The molecule has 1 saturated heterocycles. The van der Waals surface area contributed by atoms with E-state index in [1.165, 1.54) is 0 Å². The number of amides is 2. The standard InChI is InChI=1S/C23H25N3O4/c1-29-19-7-5-16(6-8-19)15-26-20(21(30-2)23(26)28)17-9-12-25(13-10-17)22(27)18-4-3-11-24-14-18/h3-9,11,14,20-21H,10,12-13,15H2,1-2H3. The van der Waals surface area contributed by atoms with E-state index >= 15 is 0 Å². The number of benzene rings is 1. The summed E-state index contributed by atoms with van der Waals surface area (Å²) in [5.41, 5.74) is 2.77. The number of methoxy groups -OCH3 is 2. The fourth-order valence-corrected chi connectivity index (χ4v) is 4.05. The van der Waals surface area contributed by atoms with Crippen LogP contribution in [0, 0.1) is 0 Å². The van der Waals surface area contributed by atoms with Gasteiger partial charge in [-0.3, -0.25) is 14.6 Å². The summed E-state index contributed by atoms with van der Waals surface area (Å²) in [6.07, 6.45) is 5.55. The molecule has 0 bridgehead atoms. The summed E-state index contributed by atoms with van der Waals surface area (Å²) in [5, 5.41) is 0. The summed E-state index contributed by atoms with van der Waals surface area (Å²) < 4.78 is 10.7. The van der Waals surface area contributed by atoms with E-state index in [0.29, 0.717) is 31.6 Å². The molecule has 0 aliphatic carbocycles. The predicted octanol–water partition coefficient (Wildman–Crippen LogP) is 2.29. The molecule has 2 unspecified atom stereocenters. The number of hydrogen-bond donors (Lipinski definition) is 0. The molecule has 7 heteroatoms. The third kappa shape index (κ3) is 3.80. The third-order valence-electron chi connectivity index (χ3n) is 5.73. The Labute approximate surface area is 175 Å². The second-order valence-electron chi connectivity index (χ2n) is 7.44. The van der Waals surface area contributed by atoms with Crippen molar-refractivity contribution < 1.29 is 19.1 Å². The summed E-state index contributed by atoms with van der Waals surface area (Å²) >= 11 is 0. The van der Waals surface area contributed by atoms with E-state index in [2.05, 4.69) is 11.1 Å². The van der Waals surface area contributed by atoms with Gasteiger partial charge < -0.3 is 19.3 Å². The highest BCUT2D eigenvalue weighted by Crippen LogP contribution is 2.33. The molecule has 3 heterocycles. The summed E-state index contributed by atoms with van der Waals surface area (Å²) in [5.74, 6) is 0.753. The minimum Gasteiger partial charge on any atom is -0.497 e. The Kier molecular flexibility index (Phi) is 5.81. The van der Waals surface area contributed by atoms with Crippen LogP contribution in [-0.4, -0.2) is 66.1 Å². The normalized spacial score (nSPS) is 21.1. The van der Waals surface area contributed by atoms with Crippen LogP contribution < -0.4 is 4.74 Å². The van der Waals surface area contributed by atoms with Crippen molar-refractivity contribution in [1.29, 1.82) is 0 Å². The molecule has 0 radical (unpaired) electrons. The van der Waals surface area contributed by atoms with Gasteiger partial charge in [0.25, 0.3) is 11.8 Å². The summed E-state index contributed by atoms with van der Waals surface area (Å²) in [4.78, 5) is 32.9. The monoisotopic (exact) mass is 407 g/mol. The van der Waals surface area contributed by atoms with Gasteiger partial charge >= 0.3 is 0 Å². The second kappa shape index (κ2) is 8.67. The van der Waals surface area contributed by atoms with Crippen LogP contribution in [0.4, 0.5) is 0 Å². The van der Waals surface area contributed by atoms with Crippen molar-refractivity contribution in [2.75, 3.05) is 27.3 Å². The number of carbonyl (C=O) groups is 2.